The molecule has 5 rings (SSSR count). The number of fused-ring (bicyclic) bond motifs is 1. The van der Waals surface area contributed by atoms with E-state index in [9.17, 15) is 14.4 Å². The van der Waals surface area contributed by atoms with E-state index in [1.807, 2.05) is 12.1 Å². The summed E-state index contributed by atoms with van der Waals surface area (Å²) in [5.74, 6) is -0.741. The first kappa shape index (κ1) is 24.5. The zero-order valence-corrected chi connectivity index (χ0v) is 21.8. The van der Waals surface area contributed by atoms with E-state index in [2.05, 4.69) is 52.4 Å². The van der Waals surface area contributed by atoms with Crippen LogP contribution >= 0.6 is 15.9 Å². The average Bonchev–Trinajstić information content (AvgIpc) is 2.88. The number of hydrogen-bond acceptors (Lipinski definition) is 4. The maximum Gasteiger partial charge on any atom is 0.335 e. The highest BCUT2D eigenvalue weighted by molar-refractivity contribution is 9.10. The predicted molar refractivity (Wildman–Crippen MR) is 147 cm³/mol. The van der Waals surface area contributed by atoms with Crippen LogP contribution in [0.25, 0.3) is 16.8 Å². The van der Waals surface area contributed by atoms with Gasteiger partial charge in [-0.25, -0.2) is 9.69 Å². The van der Waals surface area contributed by atoms with Gasteiger partial charge in [0.25, 0.3) is 11.8 Å². The number of benzene rings is 4. The van der Waals surface area contributed by atoms with Gasteiger partial charge in [-0.05, 0) is 77.7 Å². The van der Waals surface area contributed by atoms with Crippen molar-refractivity contribution in [1.29, 1.82) is 0 Å². The molecule has 0 radical (unpaired) electrons. The van der Waals surface area contributed by atoms with Gasteiger partial charge in [0.15, 0.2) is 0 Å². The summed E-state index contributed by atoms with van der Waals surface area (Å²) in [6.07, 6.45) is 1.48. The lowest BCUT2D eigenvalue weighted by Crippen LogP contribution is -2.54. The summed E-state index contributed by atoms with van der Waals surface area (Å²) in [6.45, 7) is 4.27. The van der Waals surface area contributed by atoms with Gasteiger partial charge in [0.1, 0.15) is 17.9 Å². The second-order valence-electron chi connectivity index (χ2n) is 8.83. The summed E-state index contributed by atoms with van der Waals surface area (Å²) < 4.78 is 6.88. The standard InChI is InChI=1S/C30H23BrN2O4/c1-18-7-10-21-5-3-4-6-24(21)26(18)17-37-23-12-8-20(9-13-23)16-25-28(34)32-30(36)33(29(25)35)27-14-11-22(31)15-19(27)2/h3-16H,17H2,1-2H3,(H,32,34,36)/b25-16-. The van der Waals surface area contributed by atoms with Crippen LogP contribution in [0.5, 0.6) is 5.75 Å². The highest BCUT2D eigenvalue weighted by atomic mass is 79.9. The van der Waals surface area contributed by atoms with Crippen LogP contribution in [0.3, 0.4) is 0 Å². The number of halogens is 1. The molecule has 184 valence electrons. The van der Waals surface area contributed by atoms with Crippen molar-refractivity contribution in [3.63, 3.8) is 0 Å². The molecule has 0 saturated carbocycles. The molecule has 0 bridgehead atoms. The fourth-order valence-electron chi connectivity index (χ4n) is 4.36. The summed E-state index contributed by atoms with van der Waals surface area (Å²) >= 11 is 3.38. The molecule has 37 heavy (non-hydrogen) atoms. The smallest absolute Gasteiger partial charge is 0.335 e. The molecule has 0 aromatic heterocycles. The number of aryl methyl sites for hydroxylation is 2. The number of hydrogen-bond donors (Lipinski definition) is 1. The summed E-state index contributed by atoms with van der Waals surface area (Å²) in [7, 11) is 0. The SMILES string of the molecule is Cc1cc(Br)ccc1N1C(=O)NC(=O)/C(=C/c2ccc(OCc3c(C)ccc4ccccc34)cc2)C1=O. The summed E-state index contributed by atoms with van der Waals surface area (Å²) in [4.78, 5) is 39.2. The van der Waals surface area contributed by atoms with Crippen LogP contribution in [0.15, 0.2) is 88.9 Å². The quantitative estimate of drug-likeness (QED) is 0.227. The lowest BCUT2D eigenvalue weighted by Gasteiger charge is -2.27. The molecular weight excluding hydrogens is 532 g/mol. The minimum atomic E-state index is -0.773. The van der Waals surface area contributed by atoms with Crippen molar-refractivity contribution in [1.82, 2.24) is 5.32 Å². The molecule has 4 aromatic carbocycles. The molecule has 4 amide bonds. The zero-order valence-electron chi connectivity index (χ0n) is 20.2. The molecule has 1 saturated heterocycles. The lowest BCUT2D eigenvalue weighted by molar-refractivity contribution is -0.122. The maximum atomic E-state index is 13.2. The normalized spacial score (nSPS) is 14.8. The molecular formula is C30H23BrN2O4. The molecule has 6 nitrogen and oxygen atoms in total. The second-order valence-corrected chi connectivity index (χ2v) is 9.74. The third-order valence-electron chi connectivity index (χ3n) is 6.35. The fourth-order valence-corrected chi connectivity index (χ4v) is 4.84. The summed E-state index contributed by atoms with van der Waals surface area (Å²) in [5.41, 5.74) is 3.92. The Labute approximate surface area is 222 Å². The Bertz CT molecular complexity index is 1590. The molecule has 0 atom stereocenters. The van der Waals surface area contributed by atoms with Gasteiger partial charge in [0.05, 0.1) is 5.69 Å². The van der Waals surface area contributed by atoms with Crippen LogP contribution in [0.2, 0.25) is 0 Å². The molecule has 4 aromatic rings. The van der Waals surface area contributed by atoms with Crippen LogP contribution < -0.4 is 15.0 Å². The van der Waals surface area contributed by atoms with E-state index < -0.39 is 17.8 Å². The van der Waals surface area contributed by atoms with Gasteiger partial charge in [-0.3, -0.25) is 14.9 Å². The largest absolute Gasteiger partial charge is 0.489 e. The van der Waals surface area contributed by atoms with Crippen molar-refractivity contribution in [2.24, 2.45) is 0 Å². The van der Waals surface area contributed by atoms with Crippen molar-refractivity contribution >= 4 is 56.3 Å². The van der Waals surface area contributed by atoms with Gasteiger partial charge >= 0.3 is 6.03 Å². The number of barbiturate groups is 1. The van der Waals surface area contributed by atoms with Crippen LogP contribution in [0, 0.1) is 13.8 Å². The molecule has 1 aliphatic heterocycles. The van der Waals surface area contributed by atoms with Crippen molar-refractivity contribution in [3.05, 3.63) is 111 Å². The summed E-state index contributed by atoms with van der Waals surface area (Å²) in [5, 5.41) is 4.58. The zero-order chi connectivity index (χ0) is 26.1. The Morgan fingerprint density at radius 2 is 1.65 bits per heavy atom. The highest BCUT2D eigenvalue weighted by Gasteiger charge is 2.37. The molecule has 1 fully saturated rings. The number of imide groups is 2. The minimum absolute atomic E-state index is 0.123. The van der Waals surface area contributed by atoms with E-state index in [0.29, 0.717) is 23.6 Å². The number of anilines is 1. The van der Waals surface area contributed by atoms with Gasteiger partial charge in [-0.15, -0.1) is 0 Å². The third kappa shape index (κ3) is 4.90. The van der Waals surface area contributed by atoms with Crippen LogP contribution in [-0.4, -0.2) is 17.8 Å². The number of rotatable bonds is 5. The first-order chi connectivity index (χ1) is 17.8. The number of nitrogens with zero attached hydrogens (tertiary/aromatic N) is 1. The topological polar surface area (TPSA) is 75.7 Å². The highest BCUT2D eigenvalue weighted by Crippen LogP contribution is 2.28. The number of urea groups is 1. The molecule has 0 unspecified atom stereocenters. The first-order valence-corrected chi connectivity index (χ1v) is 12.5. The number of nitrogens with one attached hydrogen (secondary N) is 1. The summed E-state index contributed by atoms with van der Waals surface area (Å²) in [6, 6.07) is 23.9. The van der Waals surface area contributed by atoms with Crippen molar-refractivity contribution in [3.8, 4) is 5.75 Å². The predicted octanol–water partition coefficient (Wildman–Crippen LogP) is 6.46. The van der Waals surface area contributed by atoms with E-state index in [1.165, 1.54) is 6.08 Å². The molecule has 1 N–H and O–H groups in total. The Morgan fingerprint density at radius 1 is 0.892 bits per heavy atom. The van der Waals surface area contributed by atoms with Crippen LogP contribution in [0.4, 0.5) is 10.5 Å². The van der Waals surface area contributed by atoms with E-state index in [-0.39, 0.29) is 5.57 Å². The Hall–Kier alpha value is -4.23. The van der Waals surface area contributed by atoms with E-state index in [1.54, 1.807) is 49.4 Å². The Kier molecular flexibility index (Phi) is 6.63. The number of carbonyl (C=O) groups is 3. The molecule has 7 heteroatoms. The van der Waals surface area contributed by atoms with Crippen LogP contribution in [0.1, 0.15) is 22.3 Å². The Morgan fingerprint density at radius 3 is 2.41 bits per heavy atom. The first-order valence-electron chi connectivity index (χ1n) is 11.7. The molecule has 0 spiro atoms. The van der Waals surface area contributed by atoms with E-state index in [0.717, 1.165) is 36.8 Å². The number of amides is 4. The van der Waals surface area contributed by atoms with Crippen LogP contribution in [-0.2, 0) is 16.2 Å². The second kappa shape index (κ2) is 10.0. The van der Waals surface area contributed by atoms with Crippen molar-refractivity contribution in [2.75, 3.05) is 4.90 Å². The fraction of sp³-hybridized carbons (Fsp3) is 0.100. The molecule has 0 aliphatic carbocycles. The van der Waals surface area contributed by atoms with Crippen molar-refractivity contribution < 1.29 is 19.1 Å². The number of ether oxygens (including phenoxy) is 1. The van der Waals surface area contributed by atoms with E-state index in [4.69, 9.17) is 4.74 Å². The van der Waals surface area contributed by atoms with Crippen molar-refractivity contribution in [2.45, 2.75) is 20.5 Å². The average molecular weight is 555 g/mol. The van der Waals surface area contributed by atoms with Gasteiger partial charge < -0.3 is 4.74 Å². The molecule has 1 heterocycles. The van der Waals surface area contributed by atoms with Gasteiger partial charge in [-0.1, -0.05) is 64.5 Å². The number of carbonyl (C=O) groups excluding carboxylic acids is 3. The molecule has 1 aliphatic rings. The van der Waals surface area contributed by atoms with Gasteiger partial charge in [0.2, 0.25) is 0 Å². The van der Waals surface area contributed by atoms with Gasteiger partial charge in [0, 0.05) is 10.0 Å². The minimum Gasteiger partial charge on any atom is -0.489 e. The monoisotopic (exact) mass is 554 g/mol. The Balaban J connectivity index is 1.36. The maximum absolute atomic E-state index is 13.2. The van der Waals surface area contributed by atoms with E-state index >= 15 is 0 Å². The van der Waals surface area contributed by atoms with Gasteiger partial charge in [-0.2, -0.15) is 0 Å². The lowest BCUT2D eigenvalue weighted by atomic mass is 10.0. The third-order valence-corrected chi connectivity index (χ3v) is 6.84.